The molecule has 2 N–H and O–H groups in total. The lowest BCUT2D eigenvalue weighted by Gasteiger charge is -2.15. The van der Waals surface area contributed by atoms with E-state index < -0.39 is 6.10 Å². The SMILES string of the molecule is CC(O)c1cn(CC(=O)NC(C)c2ccccc2Cl)nn1. The van der Waals surface area contributed by atoms with Gasteiger partial charge in [-0.05, 0) is 25.5 Å². The molecular weight excluding hydrogens is 292 g/mol. The van der Waals surface area contributed by atoms with Gasteiger partial charge in [0, 0.05) is 5.02 Å². The number of aliphatic hydroxyl groups excluding tert-OH is 1. The van der Waals surface area contributed by atoms with Crippen LogP contribution in [0.1, 0.15) is 37.3 Å². The first-order valence-corrected chi connectivity index (χ1v) is 6.97. The number of carbonyl (C=O) groups is 1. The van der Waals surface area contributed by atoms with Crippen LogP contribution in [0.2, 0.25) is 5.02 Å². The standard InChI is InChI=1S/C14H17ClN4O2/c1-9(11-5-3-4-6-12(11)15)16-14(21)8-19-7-13(10(2)20)17-18-19/h3-7,9-10,20H,8H2,1-2H3,(H,16,21). The van der Waals surface area contributed by atoms with Crippen molar-refractivity contribution in [1.29, 1.82) is 0 Å². The van der Waals surface area contributed by atoms with Gasteiger partial charge in [-0.25, -0.2) is 4.68 Å². The van der Waals surface area contributed by atoms with Crippen LogP contribution in [0.15, 0.2) is 30.5 Å². The molecular formula is C14H17ClN4O2. The van der Waals surface area contributed by atoms with Gasteiger partial charge in [0.1, 0.15) is 12.2 Å². The molecule has 21 heavy (non-hydrogen) atoms. The molecule has 0 bridgehead atoms. The Balaban J connectivity index is 1.96. The maximum absolute atomic E-state index is 12.0. The smallest absolute Gasteiger partial charge is 0.242 e. The summed E-state index contributed by atoms with van der Waals surface area (Å²) in [6.07, 6.45) is 0.841. The summed E-state index contributed by atoms with van der Waals surface area (Å²) in [7, 11) is 0. The minimum atomic E-state index is -0.705. The second-order valence-electron chi connectivity index (χ2n) is 4.83. The lowest BCUT2D eigenvalue weighted by molar-refractivity contribution is -0.122. The third-order valence-electron chi connectivity index (χ3n) is 3.04. The van der Waals surface area contributed by atoms with Gasteiger partial charge in [-0.3, -0.25) is 4.79 Å². The van der Waals surface area contributed by atoms with Crippen molar-refractivity contribution in [2.45, 2.75) is 32.5 Å². The summed E-state index contributed by atoms with van der Waals surface area (Å²) in [5.74, 6) is -0.204. The second kappa shape index (κ2) is 6.69. The Morgan fingerprint density at radius 1 is 1.43 bits per heavy atom. The molecule has 0 aliphatic carbocycles. The van der Waals surface area contributed by atoms with Crippen LogP contribution in [0.3, 0.4) is 0 Å². The molecule has 0 aliphatic heterocycles. The number of halogens is 1. The Bertz CT molecular complexity index is 627. The molecule has 2 rings (SSSR count). The Hall–Kier alpha value is -1.92. The van der Waals surface area contributed by atoms with E-state index >= 15 is 0 Å². The molecule has 0 radical (unpaired) electrons. The normalized spacial score (nSPS) is 13.7. The van der Waals surface area contributed by atoms with Crippen LogP contribution in [0.25, 0.3) is 0 Å². The summed E-state index contributed by atoms with van der Waals surface area (Å²) in [6.45, 7) is 3.49. The fourth-order valence-electron chi connectivity index (χ4n) is 1.92. The zero-order valence-electron chi connectivity index (χ0n) is 11.8. The number of amides is 1. The minimum Gasteiger partial charge on any atom is -0.387 e. The summed E-state index contributed by atoms with van der Waals surface area (Å²) in [5.41, 5.74) is 1.29. The van der Waals surface area contributed by atoms with E-state index in [0.29, 0.717) is 10.7 Å². The number of nitrogens with one attached hydrogen (secondary N) is 1. The molecule has 0 saturated carbocycles. The van der Waals surface area contributed by atoms with Crippen molar-refractivity contribution in [2.75, 3.05) is 0 Å². The van der Waals surface area contributed by atoms with E-state index in [1.807, 2.05) is 25.1 Å². The Morgan fingerprint density at radius 3 is 2.76 bits per heavy atom. The van der Waals surface area contributed by atoms with Gasteiger partial charge in [0.15, 0.2) is 0 Å². The fraction of sp³-hybridized carbons (Fsp3) is 0.357. The Kier molecular flexibility index (Phi) is 4.93. The number of benzene rings is 1. The van der Waals surface area contributed by atoms with Crippen molar-refractivity contribution in [2.24, 2.45) is 0 Å². The first kappa shape index (κ1) is 15.5. The molecule has 6 nitrogen and oxygen atoms in total. The van der Waals surface area contributed by atoms with Gasteiger partial charge < -0.3 is 10.4 Å². The van der Waals surface area contributed by atoms with Crippen LogP contribution in [0, 0.1) is 0 Å². The zero-order valence-corrected chi connectivity index (χ0v) is 12.6. The number of aromatic nitrogens is 3. The highest BCUT2D eigenvalue weighted by Gasteiger charge is 2.14. The van der Waals surface area contributed by atoms with E-state index in [-0.39, 0.29) is 18.5 Å². The fourth-order valence-corrected chi connectivity index (χ4v) is 2.22. The molecule has 2 unspecified atom stereocenters. The lowest BCUT2D eigenvalue weighted by atomic mass is 10.1. The van der Waals surface area contributed by atoms with Crippen LogP contribution >= 0.6 is 11.6 Å². The highest BCUT2D eigenvalue weighted by Crippen LogP contribution is 2.21. The van der Waals surface area contributed by atoms with E-state index in [4.69, 9.17) is 11.6 Å². The molecule has 0 fully saturated rings. The molecule has 2 aromatic rings. The maximum Gasteiger partial charge on any atom is 0.242 e. The molecule has 1 heterocycles. The Morgan fingerprint density at radius 2 is 2.14 bits per heavy atom. The highest BCUT2D eigenvalue weighted by molar-refractivity contribution is 6.31. The number of hydrogen-bond acceptors (Lipinski definition) is 4. The van der Waals surface area contributed by atoms with Gasteiger partial charge in [0.25, 0.3) is 0 Å². The van der Waals surface area contributed by atoms with Crippen LogP contribution in [0.5, 0.6) is 0 Å². The molecule has 0 spiro atoms. The van der Waals surface area contributed by atoms with Gasteiger partial charge >= 0.3 is 0 Å². The summed E-state index contributed by atoms with van der Waals surface area (Å²) in [5, 5.41) is 20.4. The van der Waals surface area contributed by atoms with Gasteiger partial charge in [-0.1, -0.05) is 35.0 Å². The number of aliphatic hydroxyl groups is 1. The van der Waals surface area contributed by atoms with Gasteiger partial charge in [-0.15, -0.1) is 5.10 Å². The quantitative estimate of drug-likeness (QED) is 0.883. The summed E-state index contributed by atoms with van der Waals surface area (Å²) >= 11 is 6.09. The lowest BCUT2D eigenvalue weighted by Crippen LogP contribution is -2.30. The summed E-state index contributed by atoms with van der Waals surface area (Å²) < 4.78 is 1.39. The Labute approximate surface area is 127 Å². The maximum atomic E-state index is 12.0. The second-order valence-corrected chi connectivity index (χ2v) is 5.23. The summed E-state index contributed by atoms with van der Waals surface area (Å²) in [4.78, 5) is 12.0. The number of rotatable bonds is 5. The summed E-state index contributed by atoms with van der Waals surface area (Å²) in [6, 6.07) is 7.16. The van der Waals surface area contributed by atoms with Gasteiger partial charge in [-0.2, -0.15) is 0 Å². The van der Waals surface area contributed by atoms with Crippen molar-refractivity contribution in [1.82, 2.24) is 20.3 Å². The first-order valence-electron chi connectivity index (χ1n) is 6.59. The average Bonchev–Trinajstić information content (AvgIpc) is 2.87. The van der Waals surface area contributed by atoms with E-state index in [0.717, 1.165) is 5.56 Å². The van der Waals surface area contributed by atoms with Gasteiger partial charge in [0.2, 0.25) is 5.91 Å². The molecule has 2 atom stereocenters. The van der Waals surface area contributed by atoms with Crippen LogP contribution in [-0.2, 0) is 11.3 Å². The number of carbonyl (C=O) groups excluding carboxylic acids is 1. The van der Waals surface area contributed by atoms with Crippen LogP contribution in [0.4, 0.5) is 0 Å². The van der Waals surface area contributed by atoms with E-state index in [2.05, 4.69) is 15.6 Å². The van der Waals surface area contributed by atoms with E-state index in [9.17, 15) is 9.90 Å². The molecule has 1 amide bonds. The van der Waals surface area contributed by atoms with Crippen LogP contribution < -0.4 is 5.32 Å². The minimum absolute atomic E-state index is 0.0362. The van der Waals surface area contributed by atoms with E-state index in [1.165, 1.54) is 4.68 Å². The molecule has 7 heteroatoms. The number of nitrogens with zero attached hydrogens (tertiary/aromatic N) is 3. The van der Waals surface area contributed by atoms with Gasteiger partial charge in [0.05, 0.1) is 18.3 Å². The van der Waals surface area contributed by atoms with Crippen molar-refractivity contribution < 1.29 is 9.90 Å². The predicted octanol–water partition coefficient (Wildman–Crippen LogP) is 1.86. The van der Waals surface area contributed by atoms with Crippen molar-refractivity contribution in [3.05, 3.63) is 46.7 Å². The molecule has 1 aromatic heterocycles. The predicted molar refractivity (Wildman–Crippen MR) is 78.7 cm³/mol. The number of hydrogen-bond donors (Lipinski definition) is 2. The largest absolute Gasteiger partial charge is 0.387 e. The third-order valence-corrected chi connectivity index (χ3v) is 3.38. The molecule has 0 saturated heterocycles. The van der Waals surface area contributed by atoms with Crippen molar-refractivity contribution in [3.63, 3.8) is 0 Å². The highest BCUT2D eigenvalue weighted by atomic mass is 35.5. The third kappa shape index (κ3) is 4.03. The van der Waals surface area contributed by atoms with E-state index in [1.54, 1.807) is 19.2 Å². The van der Waals surface area contributed by atoms with Crippen molar-refractivity contribution >= 4 is 17.5 Å². The molecule has 1 aromatic carbocycles. The monoisotopic (exact) mass is 308 g/mol. The zero-order chi connectivity index (χ0) is 15.4. The average molecular weight is 309 g/mol. The van der Waals surface area contributed by atoms with Crippen molar-refractivity contribution in [3.8, 4) is 0 Å². The molecule has 112 valence electrons. The van der Waals surface area contributed by atoms with Crippen LogP contribution in [-0.4, -0.2) is 26.0 Å². The molecule has 0 aliphatic rings. The topological polar surface area (TPSA) is 80.0 Å². The first-order chi connectivity index (χ1) is 9.97.